The number of fused-ring (bicyclic) bond motifs is 1. The Balaban J connectivity index is 1.42. The first-order chi connectivity index (χ1) is 12.6. The van der Waals surface area contributed by atoms with Gasteiger partial charge in [0.05, 0.1) is 16.8 Å². The highest BCUT2D eigenvalue weighted by molar-refractivity contribution is 6.34. The van der Waals surface area contributed by atoms with Crippen LogP contribution >= 0.6 is 0 Å². The molecule has 0 saturated carbocycles. The minimum absolute atomic E-state index is 0.240. The normalized spacial score (nSPS) is 18.4. The van der Waals surface area contributed by atoms with Gasteiger partial charge in [0, 0.05) is 32.7 Å². The molecule has 5 nitrogen and oxygen atoms in total. The summed E-state index contributed by atoms with van der Waals surface area (Å²) in [5.41, 5.74) is 2.83. The van der Waals surface area contributed by atoms with Gasteiger partial charge >= 0.3 is 0 Å². The molecule has 0 atom stereocenters. The summed E-state index contributed by atoms with van der Waals surface area (Å²) in [6.07, 6.45) is 0.978. The monoisotopic (exact) mass is 349 g/mol. The van der Waals surface area contributed by atoms with Gasteiger partial charge in [-0.1, -0.05) is 24.3 Å². The van der Waals surface area contributed by atoms with Crippen LogP contribution in [0.1, 0.15) is 26.3 Å². The van der Waals surface area contributed by atoms with Crippen molar-refractivity contribution in [1.29, 1.82) is 0 Å². The molecule has 1 saturated heterocycles. The van der Waals surface area contributed by atoms with Crippen molar-refractivity contribution in [1.82, 2.24) is 9.80 Å². The van der Waals surface area contributed by atoms with E-state index in [9.17, 15) is 9.59 Å². The van der Waals surface area contributed by atoms with E-state index in [0.29, 0.717) is 16.8 Å². The molecule has 26 heavy (non-hydrogen) atoms. The van der Waals surface area contributed by atoms with Crippen molar-refractivity contribution in [3.05, 3.63) is 65.2 Å². The summed E-state index contributed by atoms with van der Waals surface area (Å²) >= 11 is 0. The number of anilines is 1. The number of imide groups is 1. The van der Waals surface area contributed by atoms with Crippen molar-refractivity contribution in [2.75, 3.05) is 44.7 Å². The quantitative estimate of drug-likeness (QED) is 0.795. The van der Waals surface area contributed by atoms with Crippen LogP contribution in [0, 0.1) is 0 Å². The molecule has 2 aliphatic heterocycles. The molecule has 0 bridgehead atoms. The van der Waals surface area contributed by atoms with E-state index in [0.717, 1.165) is 39.1 Å². The summed E-state index contributed by atoms with van der Waals surface area (Å²) < 4.78 is 0. The second-order valence-electron chi connectivity index (χ2n) is 7.05. The van der Waals surface area contributed by atoms with Crippen LogP contribution < -0.4 is 4.90 Å². The maximum atomic E-state index is 12.5. The van der Waals surface area contributed by atoms with Gasteiger partial charge in [0.15, 0.2) is 0 Å². The Kier molecular flexibility index (Phi) is 4.57. The first kappa shape index (κ1) is 16.9. The molecule has 5 heteroatoms. The van der Waals surface area contributed by atoms with Crippen LogP contribution in [-0.2, 0) is 6.42 Å². The van der Waals surface area contributed by atoms with Crippen LogP contribution in [0.3, 0.4) is 0 Å². The second-order valence-corrected chi connectivity index (χ2v) is 7.05. The van der Waals surface area contributed by atoms with Crippen LogP contribution in [-0.4, -0.2) is 61.4 Å². The summed E-state index contributed by atoms with van der Waals surface area (Å²) in [6, 6.07) is 14.8. The minimum Gasteiger partial charge on any atom is -0.304 e. The first-order valence-electron chi connectivity index (χ1n) is 9.11. The number of amides is 2. The number of carbonyl (C=O) groups excluding carboxylic acids is 2. The number of rotatable bonds is 4. The van der Waals surface area contributed by atoms with Crippen molar-refractivity contribution >= 4 is 17.5 Å². The summed E-state index contributed by atoms with van der Waals surface area (Å²) in [4.78, 5) is 31.2. The Bertz CT molecular complexity index is 788. The van der Waals surface area contributed by atoms with Gasteiger partial charge in [0.1, 0.15) is 0 Å². The average Bonchev–Trinajstić information content (AvgIpc) is 2.93. The number of piperazine rings is 1. The van der Waals surface area contributed by atoms with Crippen molar-refractivity contribution in [2.45, 2.75) is 6.42 Å². The number of benzene rings is 2. The van der Waals surface area contributed by atoms with Crippen LogP contribution in [0.2, 0.25) is 0 Å². The summed E-state index contributed by atoms with van der Waals surface area (Å²) in [7, 11) is 2.16. The summed E-state index contributed by atoms with van der Waals surface area (Å²) in [6.45, 7) is 5.52. The lowest BCUT2D eigenvalue weighted by atomic mass is 10.1. The highest BCUT2D eigenvalue weighted by Crippen LogP contribution is 2.28. The smallest absolute Gasteiger partial charge is 0.266 e. The van der Waals surface area contributed by atoms with E-state index in [4.69, 9.17) is 0 Å². The number of carbonyl (C=O) groups is 2. The molecule has 2 heterocycles. The lowest BCUT2D eigenvalue weighted by molar-refractivity contribution is 0.0926. The summed E-state index contributed by atoms with van der Waals surface area (Å²) in [5, 5.41) is 0. The number of likely N-dealkylation sites (N-methyl/N-ethyl adjacent to an activating group) is 1. The van der Waals surface area contributed by atoms with Gasteiger partial charge < -0.3 is 9.80 Å². The second kappa shape index (κ2) is 7.02. The van der Waals surface area contributed by atoms with Crippen LogP contribution in [0.15, 0.2) is 48.5 Å². The molecule has 1 fully saturated rings. The third-order valence-electron chi connectivity index (χ3n) is 5.30. The first-order valence-corrected chi connectivity index (χ1v) is 9.11. The molecule has 2 amide bonds. The van der Waals surface area contributed by atoms with Crippen molar-refractivity contribution in [2.24, 2.45) is 0 Å². The van der Waals surface area contributed by atoms with E-state index in [2.05, 4.69) is 16.8 Å². The molecule has 4 rings (SSSR count). The van der Waals surface area contributed by atoms with Gasteiger partial charge in [0.2, 0.25) is 0 Å². The number of hydrogen-bond acceptors (Lipinski definition) is 4. The standard InChI is InChI=1S/C21H23N3O2/c1-22-12-14-23(15-13-22)11-10-16-6-8-17(9-7-16)24-20(25)18-4-2-3-5-19(18)21(24)26/h2-9H,10-15H2,1H3. The van der Waals surface area contributed by atoms with Gasteiger partial charge in [0.25, 0.3) is 11.8 Å². The SMILES string of the molecule is CN1CCN(CCc2ccc(N3C(=O)c4ccccc4C3=O)cc2)CC1. The molecular weight excluding hydrogens is 326 g/mol. The predicted molar refractivity (Wildman–Crippen MR) is 102 cm³/mol. The van der Waals surface area contributed by atoms with Gasteiger partial charge in [-0.25, -0.2) is 4.90 Å². The molecule has 0 N–H and O–H groups in total. The molecule has 0 unspecified atom stereocenters. The average molecular weight is 349 g/mol. The van der Waals surface area contributed by atoms with Crippen LogP contribution in [0.4, 0.5) is 5.69 Å². The van der Waals surface area contributed by atoms with Crippen molar-refractivity contribution in [3.8, 4) is 0 Å². The maximum Gasteiger partial charge on any atom is 0.266 e. The molecule has 0 aliphatic carbocycles. The highest BCUT2D eigenvalue weighted by Gasteiger charge is 2.36. The van der Waals surface area contributed by atoms with Crippen LogP contribution in [0.5, 0.6) is 0 Å². The number of nitrogens with zero attached hydrogens (tertiary/aromatic N) is 3. The van der Waals surface area contributed by atoms with Gasteiger partial charge in [-0.15, -0.1) is 0 Å². The Labute approximate surface area is 153 Å². The molecule has 0 radical (unpaired) electrons. The fourth-order valence-electron chi connectivity index (χ4n) is 3.59. The van der Waals surface area contributed by atoms with E-state index in [1.165, 1.54) is 10.5 Å². The Morgan fingerprint density at radius 1 is 0.808 bits per heavy atom. The molecule has 2 aromatic carbocycles. The predicted octanol–water partition coefficient (Wildman–Crippen LogP) is 2.28. The fraction of sp³-hybridized carbons (Fsp3) is 0.333. The zero-order valence-corrected chi connectivity index (χ0v) is 15.0. The zero-order valence-electron chi connectivity index (χ0n) is 15.0. The maximum absolute atomic E-state index is 12.5. The fourth-order valence-corrected chi connectivity index (χ4v) is 3.59. The molecule has 134 valence electrons. The molecule has 2 aromatic rings. The highest BCUT2D eigenvalue weighted by atomic mass is 16.2. The lowest BCUT2D eigenvalue weighted by Crippen LogP contribution is -2.45. The Hall–Kier alpha value is -2.50. The van der Waals surface area contributed by atoms with E-state index >= 15 is 0 Å². The third-order valence-corrected chi connectivity index (χ3v) is 5.30. The van der Waals surface area contributed by atoms with Gasteiger partial charge in [-0.05, 0) is 43.3 Å². The molecule has 0 aromatic heterocycles. The van der Waals surface area contributed by atoms with E-state index in [-0.39, 0.29) is 11.8 Å². The summed E-state index contributed by atoms with van der Waals surface area (Å²) in [5.74, 6) is -0.480. The third kappa shape index (κ3) is 3.16. The largest absolute Gasteiger partial charge is 0.304 e. The van der Waals surface area contributed by atoms with E-state index in [1.807, 2.05) is 24.3 Å². The minimum atomic E-state index is -0.240. The molecule has 2 aliphatic rings. The topological polar surface area (TPSA) is 43.9 Å². The van der Waals surface area contributed by atoms with Gasteiger partial charge in [-0.2, -0.15) is 0 Å². The molecular formula is C21H23N3O2. The lowest BCUT2D eigenvalue weighted by Gasteiger charge is -2.32. The van der Waals surface area contributed by atoms with Crippen LogP contribution in [0.25, 0.3) is 0 Å². The van der Waals surface area contributed by atoms with Crippen molar-refractivity contribution in [3.63, 3.8) is 0 Å². The molecule has 0 spiro atoms. The number of hydrogen-bond donors (Lipinski definition) is 0. The van der Waals surface area contributed by atoms with E-state index < -0.39 is 0 Å². The zero-order chi connectivity index (χ0) is 18.1. The Morgan fingerprint density at radius 2 is 1.38 bits per heavy atom. The van der Waals surface area contributed by atoms with Gasteiger partial charge in [-0.3, -0.25) is 9.59 Å². The Morgan fingerprint density at radius 3 is 1.96 bits per heavy atom. The van der Waals surface area contributed by atoms with E-state index in [1.54, 1.807) is 24.3 Å². The van der Waals surface area contributed by atoms with Crippen molar-refractivity contribution < 1.29 is 9.59 Å².